The van der Waals surface area contributed by atoms with E-state index in [-0.39, 0.29) is 18.1 Å². The van der Waals surface area contributed by atoms with Gasteiger partial charge in [0.15, 0.2) is 23.0 Å². The van der Waals surface area contributed by atoms with Crippen molar-refractivity contribution in [2.45, 2.75) is 24.7 Å². The summed E-state index contributed by atoms with van der Waals surface area (Å²) in [7, 11) is 3.45. The van der Waals surface area contributed by atoms with Gasteiger partial charge in [0.1, 0.15) is 0 Å². The van der Waals surface area contributed by atoms with Crippen molar-refractivity contribution in [3.8, 4) is 28.7 Å². The Labute approximate surface area is 211 Å². The summed E-state index contributed by atoms with van der Waals surface area (Å²) in [6.07, 6.45) is 1.28. The molecule has 11 heteroatoms. The van der Waals surface area contributed by atoms with Crippen LogP contribution in [0, 0.1) is 0 Å². The monoisotopic (exact) mass is 523 g/mol. The van der Waals surface area contributed by atoms with E-state index in [1.54, 1.807) is 37.3 Å². The molecule has 0 radical (unpaired) electrons. The van der Waals surface area contributed by atoms with Gasteiger partial charge in [-0.15, -0.1) is 0 Å². The topological polar surface area (TPSA) is 121 Å². The summed E-state index contributed by atoms with van der Waals surface area (Å²) in [6.45, 7) is 0.805. The van der Waals surface area contributed by atoms with Crippen molar-refractivity contribution in [1.29, 1.82) is 0 Å². The Balaban J connectivity index is 1.96. The average Bonchev–Trinajstić information content (AvgIpc) is 3.31. The molecule has 1 heterocycles. The number of carbonyl (C=O) groups is 1. The van der Waals surface area contributed by atoms with E-state index >= 15 is 0 Å². The van der Waals surface area contributed by atoms with Crippen LogP contribution in [0.5, 0.6) is 28.7 Å². The number of rotatable bonds is 11. The third-order valence-corrected chi connectivity index (χ3v) is 7.41. The normalized spacial score (nSPS) is 17.6. The molecule has 1 amide bonds. The standard InChI is InChI=1S/C25H33NO9S/c1-31-19-8-7-18(15-20(19)32-2)25(9-6-12-36(28,29)30)10-11-26(16-25)24(27)17-13-21(33-3)23(35-5)22(14-17)34-4/h7-8,13-15H,6,9-12,16H2,1-5H3,(H,28,29,30). The van der Waals surface area contributed by atoms with Gasteiger partial charge in [0.2, 0.25) is 5.75 Å². The first-order valence-electron chi connectivity index (χ1n) is 11.4. The molecule has 1 aliphatic heterocycles. The molecule has 1 N–H and O–H groups in total. The number of nitrogens with zero attached hydrogens (tertiary/aromatic N) is 1. The molecule has 1 fully saturated rings. The fourth-order valence-electron chi connectivity index (χ4n) is 4.78. The third kappa shape index (κ3) is 5.79. The SMILES string of the molecule is COc1ccc(C2(CCCS(=O)(=O)O)CCN(C(=O)c3cc(OC)c(OC)c(OC)c3)C2)cc1OC. The number of carbonyl (C=O) groups excluding carboxylic acids is 1. The highest BCUT2D eigenvalue weighted by Crippen LogP contribution is 2.43. The minimum atomic E-state index is -4.11. The van der Waals surface area contributed by atoms with E-state index in [1.807, 2.05) is 12.1 Å². The van der Waals surface area contributed by atoms with E-state index in [4.69, 9.17) is 23.7 Å². The summed E-state index contributed by atoms with van der Waals surface area (Å²) >= 11 is 0. The van der Waals surface area contributed by atoms with Crippen LogP contribution >= 0.6 is 0 Å². The fourth-order valence-corrected chi connectivity index (χ4v) is 5.29. The first kappa shape index (κ1) is 27.4. The Morgan fingerprint density at radius 3 is 2.06 bits per heavy atom. The number of likely N-dealkylation sites (tertiary alicyclic amines) is 1. The van der Waals surface area contributed by atoms with E-state index in [0.717, 1.165) is 5.56 Å². The second-order valence-corrected chi connectivity index (χ2v) is 10.2. The predicted octanol–water partition coefficient (Wildman–Crippen LogP) is 3.18. The number of hydrogen-bond acceptors (Lipinski definition) is 8. The molecule has 1 aliphatic rings. The van der Waals surface area contributed by atoms with Gasteiger partial charge in [-0.05, 0) is 49.1 Å². The number of amides is 1. The maximum absolute atomic E-state index is 13.6. The first-order chi connectivity index (χ1) is 17.1. The van der Waals surface area contributed by atoms with Crippen molar-refractivity contribution in [2.75, 3.05) is 54.4 Å². The first-order valence-corrected chi connectivity index (χ1v) is 13.0. The zero-order valence-corrected chi connectivity index (χ0v) is 22.0. The molecule has 0 aliphatic carbocycles. The highest BCUT2D eigenvalue weighted by atomic mass is 32.2. The molecule has 1 unspecified atom stereocenters. The molecule has 36 heavy (non-hydrogen) atoms. The second kappa shape index (κ2) is 11.3. The zero-order valence-electron chi connectivity index (χ0n) is 21.2. The molecule has 0 aromatic heterocycles. The molecule has 10 nitrogen and oxygen atoms in total. The largest absolute Gasteiger partial charge is 0.493 e. The molecule has 2 aromatic rings. The van der Waals surface area contributed by atoms with E-state index in [2.05, 4.69) is 0 Å². The lowest BCUT2D eigenvalue weighted by Gasteiger charge is -2.31. The third-order valence-electron chi connectivity index (χ3n) is 6.61. The molecule has 3 rings (SSSR count). The maximum Gasteiger partial charge on any atom is 0.264 e. The minimum absolute atomic E-state index is 0.216. The molecule has 0 saturated carbocycles. The van der Waals surface area contributed by atoms with E-state index in [1.165, 1.54) is 21.3 Å². The summed E-state index contributed by atoms with van der Waals surface area (Å²) in [6, 6.07) is 8.78. The summed E-state index contributed by atoms with van der Waals surface area (Å²) in [5, 5.41) is 0. The van der Waals surface area contributed by atoms with Crippen molar-refractivity contribution >= 4 is 16.0 Å². The highest BCUT2D eigenvalue weighted by molar-refractivity contribution is 7.85. The smallest absolute Gasteiger partial charge is 0.264 e. The highest BCUT2D eigenvalue weighted by Gasteiger charge is 2.42. The second-order valence-electron chi connectivity index (χ2n) is 8.63. The Morgan fingerprint density at radius 1 is 0.917 bits per heavy atom. The lowest BCUT2D eigenvalue weighted by Crippen LogP contribution is -2.35. The number of hydrogen-bond donors (Lipinski definition) is 1. The van der Waals surface area contributed by atoms with Gasteiger partial charge in [0.25, 0.3) is 16.0 Å². The molecule has 2 aromatic carbocycles. The number of methoxy groups -OCH3 is 5. The quantitative estimate of drug-likeness (QED) is 0.443. The van der Waals surface area contributed by atoms with Crippen LogP contribution in [0.2, 0.25) is 0 Å². The zero-order chi connectivity index (χ0) is 26.5. The molecule has 1 saturated heterocycles. The Bertz CT molecular complexity index is 1170. The van der Waals surface area contributed by atoms with Crippen molar-refractivity contribution in [2.24, 2.45) is 0 Å². The van der Waals surface area contributed by atoms with Crippen LogP contribution in [-0.4, -0.2) is 78.2 Å². The summed E-state index contributed by atoms with van der Waals surface area (Å²) in [5.41, 5.74) is 0.738. The van der Waals surface area contributed by atoms with Gasteiger partial charge in [-0.25, -0.2) is 0 Å². The number of benzene rings is 2. The molecule has 198 valence electrons. The predicted molar refractivity (Wildman–Crippen MR) is 133 cm³/mol. The molecule has 0 spiro atoms. The summed E-state index contributed by atoms with van der Waals surface area (Å²) in [5.74, 6) is 1.67. The Kier molecular flexibility index (Phi) is 8.57. The number of ether oxygens (including phenoxy) is 5. The maximum atomic E-state index is 13.6. The van der Waals surface area contributed by atoms with Gasteiger partial charge in [-0.1, -0.05) is 6.07 Å². The van der Waals surface area contributed by atoms with Gasteiger partial charge in [0, 0.05) is 24.1 Å². The van der Waals surface area contributed by atoms with Crippen molar-refractivity contribution in [1.82, 2.24) is 4.90 Å². The van der Waals surface area contributed by atoms with Crippen LogP contribution in [0.15, 0.2) is 30.3 Å². The van der Waals surface area contributed by atoms with Crippen molar-refractivity contribution < 1.29 is 41.4 Å². The summed E-state index contributed by atoms with van der Waals surface area (Å²) in [4.78, 5) is 15.3. The van der Waals surface area contributed by atoms with Gasteiger partial charge < -0.3 is 28.6 Å². The van der Waals surface area contributed by atoms with Gasteiger partial charge in [-0.3, -0.25) is 9.35 Å². The lowest BCUT2D eigenvalue weighted by atomic mass is 9.76. The minimum Gasteiger partial charge on any atom is -0.493 e. The average molecular weight is 524 g/mol. The van der Waals surface area contributed by atoms with Gasteiger partial charge in [0.05, 0.1) is 41.3 Å². The summed E-state index contributed by atoms with van der Waals surface area (Å²) < 4.78 is 59.0. The van der Waals surface area contributed by atoms with Crippen molar-refractivity contribution in [3.63, 3.8) is 0 Å². The van der Waals surface area contributed by atoms with Crippen LogP contribution in [0.3, 0.4) is 0 Å². The van der Waals surface area contributed by atoms with Gasteiger partial charge >= 0.3 is 0 Å². The van der Waals surface area contributed by atoms with Gasteiger partial charge in [-0.2, -0.15) is 8.42 Å². The Hall–Kier alpha value is -3.18. The molecule has 0 bridgehead atoms. The van der Waals surface area contributed by atoms with Crippen molar-refractivity contribution in [3.05, 3.63) is 41.5 Å². The van der Waals surface area contributed by atoms with Crippen LogP contribution in [0.4, 0.5) is 0 Å². The van der Waals surface area contributed by atoms with E-state index in [0.29, 0.717) is 60.2 Å². The molecule has 1 atom stereocenters. The Morgan fingerprint density at radius 2 is 1.53 bits per heavy atom. The lowest BCUT2D eigenvalue weighted by molar-refractivity contribution is 0.0781. The van der Waals surface area contributed by atoms with E-state index < -0.39 is 15.5 Å². The fraction of sp³-hybridized carbons (Fsp3) is 0.480. The van der Waals surface area contributed by atoms with Crippen LogP contribution in [0.25, 0.3) is 0 Å². The van der Waals surface area contributed by atoms with Crippen LogP contribution in [0.1, 0.15) is 35.2 Å². The van der Waals surface area contributed by atoms with Crippen LogP contribution in [-0.2, 0) is 15.5 Å². The van der Waals surface area contributed by atoms with E-state index in [9.17, 15) is 17.8 Å². The van der Waals surface area contributed by atoms with Crippen LogP contribution < -0.4 is 23.7 Å². The molecular weight excluding hydrogens is 490 g/mol. The molecular formula is C25H33NO9S.